The number of fused-ring (bicyclic) bond motifs is 5. The molecule has 0 aliphatic heterocycles. The molecule has 21 nitrogen and oxygen atoms in total. The van der Waals surface area contributed by atoms with E-state index in [1.807, 2.05) is 0 Å². The van der Waals surface area contributed by atoms with E-state index in [0.29, 0.717) is 26.9 Å². The molecule has 2 aliphatic carbocycles. The monoisotopic (exact) mass is 1430 g/mol. The summed E-state index contributed by atoms with van der Waals surface area (Å²) in [4.78, 5) is 54.3. The van der Waals surface area contributed by atoms with Crippen molar-refractivity contribution in [2.75, 3.05) is 24.8 Å². The van der Waals surface area contributed by atoms with Crippen molar-refractivity contribution in [3.05, 3.63) is 157 Å². The normalized spacial score (nSPS) is 16.0. The minimum Gasteiger partial charge on any atom is -0.404 e. The highest BCUT2D eigenvalue weighted by atomic mass is 35.5. The number of phosphoric acid groups is 1. The lowest BCUT2D eigenvalue weighted by atomic mass is 9.78. The van der Waals surface area contributed by atoms with Crippen molar-refractivity contribution in [2.45, 2.75) is 129 Å². The Labute approximate surface area is 548 Å². The van der Waals surface area contributed by atoms with Gasteiger partial charge in [-0.3, -0.25) is 41.9 Å². The van der Waals surface area contributed by atoms with Gasteiger partial charge in [-0.2, -0.15) is 36.5 Å². The lowest BCUT2D eigenvalue weighted by molar-refractivity contribution is -0.141. The molecule has 10 rings (SSSR count). The first-order valence-corrected chi connectivity index (χ1v) is 34.9. The second-order valence-electron chi connectivity index (χ2n) is 24.5. The Morgan fingerprint density at radius 2 is 1.56 bits per heavy atom. The summed E-state index contributed by atoms with van der Waals surface area (Å²) in [5, 5.41) is 9.89. The average Bonchev–Trinajstić information content (AvgIpc) is 1.52. The number of aryl methyl sites for hydroxylation is 2. The second kappa shape index (κ2) is 26.1. The number of sulfonamides is 1. The molecule has 8 aromatic rings. The van der Waals surface area contributed by atoms with Crippen molar-refractivity contribution in [1.82, 2.24) is 39.4 Å². The third kappa shape index (κ3) is 14.1. The predicted octanol–water partition coefficient (Wildman–Crippen LogP) is 14.0. The zero-order valence-electron chi connectivity index (χ0n) is 53.1. The van der Waals surface area contributed by atoms with E-state index in [2.05, 4.69) is 20.5 Å². The fourth-order valence-electron chi connectivity index (χ4n) is 12.3. The highest BCUT2D eigenvalue weighted by Gasteiger charge is 2.67. The number of amides is 2. The van der Waals surface area contributed by atoms with Gasteiger partial charge >= 0.3 is 21.6 Å². The number of rotatable bonds is 24. The molecule has 0 radical (unpaired) electrons. The molecule has 0 bridgehead atoms. The molecule has 4 aromatic carbocycles. The van der Waals surface area contributed by atoms with Crippen LogP contribution in [0.15, 0.2) is 83.7 Å². The standard InChI is InChI=1S/C62H63ClF9N9O12P2S/c1-30(2)91-95(86,92-31(3)4)93-46-20-32(5)19-35(29-94(85,89-9)90-10)52(46)60(6,7)27-49(83)81(96(11,87)88)58-51-41(63)17-18-45(54(51)78(8)77-58)80-57(75-43-24-34(15-16-38(43)59(80)84)42-13-12-14-47(73-42)62(70,71)72)44(23-33-21-36(64)25-37(65)22-33)74-48(82)28-79-55-50(53(76-79)56(66)67)39-26-40(39)61(55,68)69/h12-22,24-25,30-31,39-40,44,56H,23,26-29H2,1-11H3,(H,74,82)/t39-,40+,44-/m0/s1. The SMILES string of the molecule is COP(=O)(Cc1cc(C)cc(OP(=O)(OC(C)C)OC(C)C)c1C(C)(C)CC(=O)N(c1nn(C)c2c(-n3c([C@H](Cc4cc(F)cc(F)c4)NC(=O)Cn4nc(C(F)F)c5c4C(F)(F)[C@@H]4C[C@H]54)nc4cc(-c5cccc(C(F)(F)F)n5)ccc4c3=O)ccc(Cl)c12)S(C)(=O)=O)OC. The van der Waals surface area contributed by atoms with Crippen molar-refractivity contribution in [3.8, 4) is 22.7 Å². The van der Waals surface area contributed by atoms with Gasteiger partial charge in [-0.15, -0.1) is 0 Å². The first kappa shape index (κ1) is 71.3. The number of nitrogens with one attached hydrogen (secondary N) is 1. The van der Waals surface area contributed by atoms with Gasteiger partial charge in [0.25, 0.3) is 17.9 Å². The second-order valence-corrected chi connectivity index (χ2v) is 30.5. The summed E-state index contributed by atoms with van der Waals surface area (Å²) in [6, 6.07) is 12.4. The number of benzene rings is 4. The van der Waals surface area contributed by atoms with Crippen LogP contribution in [0.3, 0.4) is 0 Å². The van der Waals surface area contributed by atoms with Gasteiger partial charge in [-0.05, 0) is 118 Å². The van der Waals surface area contributed by atoms with E-state index < -0.39 is 168 Å². The molecule has 4 heterocycles. The van der Waals surface area contributed by atoms with Crippen LogP contribution in [0.1, 0.15) is 123 Å². The molecule has 0 unspecified atom stereocenters. The predicted molar refractivity (Wildman–Crippen MR) is 335 cm³/mol. The number of pyridine rings is 1. The fraction of sp³-hybridized carbons (Fsp3) is 0.403. The summed E-state index contributed by atoms with van der Waals surface area (Å²) in [5.41, 5.74) is -7.00. The van der Waals surface area contributed by atoms with Crippen LogP contribution in [-0.2, 0) is 90.5 Å². The van der Waals surface area contributed by atoms with E-state index in [9.17, 15) is 44.3 Å². The summed E-state index contributed by atoms with van der Waals surface area (Å²) in [6.07, 6.45) is -11.1. The van der Waals surface area contributed by atoms with Crippen molar-refractivity contribution < 1.29 is 89.3 Å². The van der Waals surface area contributed by atoms with E-state index in [1.54, 1.807) is 40.7 Å². The van der Waals surface area contributed by atoms with Gasteiger partial charge in [-0.1, -0.05) is 43.6 Å². The van der Waals surface area contributed by atoms with E-state index in [-0.39, 0.29) is 72.6 Å². The molecule has 0 spiro atoms. The Balaban J connectivity index is 1.16. The fourth-order valence-corrected chi connectivity index (χ4v) is 16.0. The van der Waals surface area contributed by atoms with Gasteiger partial charge < -0.3 is 18.9 Å². The molecule has 96 heavy (non-hydrogen) atoms. The summed E-state index contributed by atoms with van der Waals surface area (Å²) in [5.74, 6) is -12.2. The topological polar surface area (TPSA) is 247 Å². The van der Waals surface area contributed by atoms with Crippen LogP contribution in [0.2, 0.25) is 5.02 Å². The molecule has 2 aliphatic rings. The first-order valence-electron chi connectivity index (χ1n) is 29.5. The van der Waals surface area contributed by atoms with Crippen LogP contribution in [0, 0.1) is 24.5 Å². The van der Waals surface area contributed by atoms with Gasteiger partial charge in [-0.25, -0.2) is 40.5 Å². The van der Waals surface area contributed by atoms with Gasteiger partial charge in [0.15, 0.2) is 5.82 Å². The van der Waals surface area contributed by atoms with Crippen molar-refractivity contribution >= 4 is 76.5 Å². The van der Waals surface area contributed by atoms with E-state index in [1.165, 1.54) is 63.4 Å². The van der Waals surface area contributed by atoms with E-state index >= 15 is 27.2 Å². The Bertz CT molecular complexity index is 4700. The molecular weight excluding hydrogens is 1360 g/mol. The highest BCUT2D eigenvalue weighted by Crippen LogP contribution is 2.68. The number of hydrogen-bond donors (Lipinski definition) is 1. The Morgan fingerprint density at radius 1 is 0.906 bits per heavy atom. The van der Waals surface area contributed by atoms with Gasteiger partial charge in [0.05, 0.1) is 68.9 Å². The smallest absolute Gasteiger partial charge is 0.404 e. The van der Waals surface area contributed by atoms with Gasteiger partial charge in [0.2, 0.25) is 21.8 Å². The molecule has 514 valence electrons. The summed E-state index contributed by atoms with van der Waals surface area (Å²) >= 11 is 7.05. The number of aromatic nitrogens is 7. The van der Waals surface area contributed by atoms with Gasteiger partial charge in [0.1, 0.15) is 46.8 Å². The first-order chi connectivity index (χ1) is 44.7. The Hall–Kier alpha value is -7.50. The van der Waals surface area contributed by atoms with Crippen molar-refractivity contribution in [1.29, 1.82) is 0 Å². The third-order valence-electron chi connectivity index (χ3n) is 16.0. The minimum atomic E-state index is -4.91. The molecular formula is C62H63ClF9N9O12P2S. The third-order valence-corrected chi connectivity index (χ3v) is 21.0. The lowest BCUT2D eigenvalue weighted by Gasteiger charge is -2.33. The summed E-state index contributed by atoms with van der Waals surface area (Å²) in [6.45, 7) is 9.76. The van der Waals surface area contributed by atoms with E-state index in [0.717, 1.165) is 47.7 Å². The number of halogens is 10. The number of alkyl halides is 7. The maximum absolute atomic E-state index is 15.9. The Morgan fingerprint density at radius 3 is 2.17 bits per heavy atom. The zero-order chi connectivity index (χ0) is 70.4. The van der Waals surface area contributed by atoms with E-state index in [4.69, 9.17) is 39.2 Å². The zero-order valence-corrected chi connectivity index (χ0v) is 56.4. The molecule has 2 amide bonds. The summed E-state index contributed by atoms with van der Waals surface area (Å²) in [7, 11) is -9.87. The van der Waals surface area contributed by atoms with Crippen molar-refractivity contribution in [2.24, 2.45) is 13.0 Å². The van der Waals surface area contributed by atoms with Crippen LogP contribution >= 0.6 is 27.0 Å². The molecule has 34 heteroatoms. The Kier molecular flexibility index (Phi) is 19.3. The number of nitrogens with zero attached hydrogens (tertiary/aromatic N) is 8. The molecule has 3 atom stereocenters. The molecule has 1 N–H and O–H groups in total. The van der Waals surface area contributed by atoms with Crippen LogP contribution in [0.4, 0.5) is 45.3 Å². The molecule has 0 saturated heterocycles. The number of phosphoric ester groups is 1. The largest absolute Gasteiger partial charge is 0.530 e. The minimum absolute atomic E-state index is 0.0372. The highest BCUT2D eigenvalue weighted by molar-refractivity contribution is 7.92. The number of hydrogen-bond acceptors (Lipinski definition) is 16. The van der Waals surface area contributed by atoms with Gasteiger partial charge in [0, 0.05) is 68.2 Å². The van der Waals surface area contributed by atoms with Crippen molar-refractivity contribution in [3.63, 3.8) is 0 Å². The molecule has 1 fully saturated rings. The maximum atomic E-state index is 15.9. The number of anilines is 1. The average molecular weight is 1430 g/mol. The maximum Gasteiger partial charge on any atom is 0.530 e. The lowest BCUT2D eigenvalue weighted by Crippen LogP contribution is -2.40. The number of carbonyl (C=O) groups excluding carboxylic acids is 2. The van der Waals surface area contributed by atoms with Crippen LogP contribution < -0.4 is 19.7 Å². The molecule has 4 aromatic heterocycles. The van der Waals surface area contributed by atoms with Crippen LogP contribution in [-0.4, -0.2) is 87.0 Å². The van der Waals surface area contributed by atoms with Crippen LogP contribution in [0.25, 0.3) is 38.8 Å². The molecule has 1 saturated carbocycles. The van der Waals surface area contributed by atoms with Crippen LogP contribution in [0.5, 0.6) is 5.75 Å². The number of carbonyl (C=O) groups is 2. The quantitative estimate of drug-likeness (QED) is 0.0436. The summed E-state index contributed by atoms with van der Waals surface area (Å²) < 4.78 is 222.